The first-order valence-electron chi connectivity index (χ1n) is 9.53. The molecule has 2 aliphatic rings. The number of carbonyl (C=O) groups is 3. The third-order valence-corrected chi connectivity index (χ3v) is 5.02. The molecule has 154 valence electrons. The average Bonchev–Trinajstić information content (AvgIpc) is 3.19. The number of hydrogen-bond donors (Lipinski definition) is 2. The summed E-state index contributed by atoms with van der Waals surface area (Å²) in [5.74, 6) is -0.803. The van der Waals surface area contributed by atoms with Crippen molar-refractivity contribution in [3.63, 3.8) is 0 Å². The molecule has 2 atom stereocenters. The number of esters is 2. The molecule has 1 aromatic carbocycles. The van der Waals surface area contributed by atoms with E-state index in [4.69, 9.17) is 21.1 Å². The van der Waals surface area contributed by atoms with E-state index in [-0.39, 0.29) is 42.8 Å². The highest BCUT2D eigenvalue weighted by Gasteiger charge is 2.34. The Hall–Kier alpha value is -2.80. The molecule has 0 fully saturated rings. The molecule has 7 nitrogen and oxygen atoms in total. The Bertz CT molecular complexity index is 847. The highest BCUT2D eigenvalue weighted by Crippen LogP contribution is 2.29. The van der Waals surface area contributed by atoms with E-state index in [1.54, 1.807) is 31.2 Å². The number of benzene rings is 1. The van der Waals surface area contributed by atoms with E-state index in [0.717, 1.165) is 12.8 Å². The molecule has 0 aromatic heterocycles. The van der Waals surface area contributed by atoms with Crippen molar-refractivity contribution in [2.45, 2.75) is 32.2 Å². The van der Waals surface area contributed by atoms with Gasteiger partial charge in [-0.25, -0.2) is 9.59 Å². The summed E-state index contributed by atoms with van der Waals surface area (Å²) in [6.07, 6.45) is 6.20. The van der Waals surface area contributed by atoms with Crippen LogP contribution in [-0.2, 0) is 19.1 Å². The molecule has 2 N–H and O–H groups in total. The Kier molecular flexibility index (Phi) is 6.93. The van der Waals surface area contributed by atoms with Crippen LogP contribution in [0.4, 0.5) is 4.79 Å². The summed E-state index contributed by atoms with van der Waals surface area (Å²) in [5, 5.41) is 5.83. The Morgan fingerprint density at radius 2 is 1.97 bits per heavy atom. The second-order valence-electron chi connectivity index (χ2n) is 6.83. The average molecular weight is 419 g/mol. The molecule has 0 radical (unpaired) electrons. The highest BCUT2D eigenvalue weighted by atomic mass is 35.5. The predicted octanol–water partition coefficient (Wildman–Crippen LogP) is 3.41. The van der Waals surface area contributed by atoms with E-state index in [1.165, 1.54) is 0 Å². The minimum absolute atomic E-state index is 0.171. The van der Waals surface area contributed by atoms with Crippen LogP contribution in [0.1, 0.15) is 37.8 Å². The van der Waals surface area contributed by atoms with E-state index in [0.29, 0.717) is 10.6 Å². The van der Waals surface area contributed by atoms with Crippen LogP contribution in [-0.4, -0.2) is 31.2 Å². The Morgan fingerprint density at radius 1 is 1.21 bits per heavy atom. The molecule has 1 aromatic rings. The molecule has 2 amide bonds. The molecule has 0 saturated carbocycles. The fraction of sp³-hybridized carbons (Fsp3) is 0.381. The Labute approximate surface area is 174 Å². The monoisotopic (exact) mass is 418 g/mol. The number of ether oxygens (including phenoxy) is 2. The maximum Gasteiger partial charge on any atom is 0.338 e. The van der Waals surface area contributed by atoms with Gasteiger partial charge in [0.2, 0.25) is 0 Å². The SMILES string of the molecule is CCOC(=O)C1=C(COC(=O)CC2C=CCC2)NC(=O)NC1c1ccc(Cl)cc1. The van der Waals surface area contributed by atoms with Crippen LogP contribution in [0.5, 0.6) is 0 Å². The van der Waals surface area contributed by atoms with Crippen LogP contribution in [0, 0.1) is 5.92 Å². The van der Waals surface area contributed by atoms with Crippen LogP contribution < -0.4 is 10.6 Å². The maximum absolute atomic E-state index is 12.6. The number of nitrogens with one attached hydrogen (secondary N) is 2. The third-order valence-electron chi connectivity index (χ3n) is 4.77. The standard InChI is InChI=1S/C21H23ClN2O5/c1-2-28-20(26)18-16(12-29-17(25)11-13-5-3-4-6-13)23-21(27)24-19(18)14-7-9-15(22)10-8-14/h3,5,7-10,13,19H,2,4,6,11-12H2,1H3,(H2,23,24,27). The van der Waals surface area contributed by atoms with Crippen LogP contribution in [0.25, 0.3) is 0 Å². The predicted molar refractivity (Wildman–Crippen MR) is 107 cm³/mol. The summed E-state index contributed by atoms with van der Waals surface area (Å²) in [5.41, 5.74) is 1.07. The van der Waals surface area contributed by atoms with Crippen molar-refractivity contribution in [2.24, 2.45) is 5.92 Å². The van der Waals surface area contributed by atoms with Gasteiger partial charge in [0.1, 0.15) is 6.61 Å². The first-order valence-corrected chi connectivity index (χ1v) is 9.91. The lowest BCUT2D eigenvalue weighted by Gasteiger charge is -2.29. The van der Waals surface area contributed by atoms with Gasteiger partial charge in [-0.3, -0.25) is 4.79 Å². The number of carbonyl (C=O) groups excluding carboxylic acids is 3. The van der Waals surface area contributed by atoms with Crippen LogP contribution in [0.15, 0.2) is 47.7 Å². The number of halogens is 1. The van der Waals surface area contributed by atoms with E-state index in [2.05, 4.69) is 10.6 Å². The molecule has 1 heterocycles. The second kappa shape index (κ2) is 9.60. The largest absolute Gasteiger partial charge is 0.463 e. The van der Waals surface area contributed by atoms with Crippen molar-refractivity contribution in [1.29, 1.82) is 0 Å². The lowest BCUT2D eigenvalue weighted by Crippen LogP contribution is -2.47. The Balaban J connectivity index is 1.83. The number of rotatable bonds is 7. The summed E-state index contributed by atoms with van der Waals surface area (Å²) < 4.78 is 10.5. The van der Waals surface area contributed by atoms with Gasteiger partial charge in [0.15, 0.2) is 0 Å². The quantitative estimate of drug-likeness (QED) is 0.522. The van der Waals surface area contributed by atoms with Gasteiger partial charge in [-0.2, -0.15) is 0 Å². The van der Waals surface area contributed by atoms with Crippen molar-refractivity contribution in [3.05, 3.63) is 58.3 Å². The lowest BCUT2D eigenvalue weighted by molar-refractivity contribution is -0.144. The second-order valence-corrected chi connectivity index (χ2v) is 7.26. The van der Waals surface area contributed by atoms with Gasteiger partial charge in [-0.1, -0.05) is 35.9 Å². The lowest BCUT2D eigenvalue weighted by atomic mass is 9.95. The van der Waals surface area contributed by atoms with Gasteiger partial charge in [-0.05, 0) is 43.4 Å². The third kappa shape index (κ3) is 5.38. The normalized spacial score (nSPS) is 20.8. The van der Waals surface area contributed by atoms with E-state index in [1.807, 2.05) is 12.2 Å². The van der Waals surface area contributed by atoms with Crippen molar-refractivity contribution in [3.8, 4) is 0 Å². The Morgan fingerprint density at radius 3 is 2.62 bits per heavy atom. The first-order chi connectivity index (χ1) is 14.0. The van der Waals surface area contributed by atoms with Crippen LogP contribution >= 0.6 is 11.6 Å². The van der Waals surface area contributed by atoms with Crippen LogP contribution in [0.3, 0.4) is 0 Å². The van der Waals surface area contributed by atoms with Gasteiger partial charge >= 0.3 is 18.0 Å². The minimum Gasteiger partial charge on any atom is -0.463 e. The van der Waals surface area contributed by atoms with Gasteiger partial charge in [0.25, 0.3) is 0 Å². The van der Waals surface area contributed by atoms with Crippen molar-refractivity contribution < 1.29 is 23.9 Å². The van der Waals surface area contributed by atoms with E-state index in [9.17, 15) is 14.4 Å². The zero-order chi connectivity index (χ0) is 20.8. The number of hydrogen-bond acceptors (Lipinski definition) is 5. The molecule has 3 rings (SSSR count). The molecule has 1 aliphatic carbocycles. The molecule has 0 saturated heterocycles. The fourth-order valence-corrected chi connectivity index (χ4v) is 3.50. The number of urea groups is 1. The smallest absolute Gasteiger partial charge is 0.338 e. The van der Waals surface area contributed by atoms with Crippen LogP contribution in [0.2, 0.25) is 5.02 Å². The molecule has 1 aliphatic heterocycles. The van der Waals surface area contributed by atoms with Gasteiger partial charge in [-0.15, -0.1) is 0 Å². The van der Waals surface area contributed by atoms with Gasteiger partial charge < -0.3 is 20.1 Å². The van der Waals surface area contributed by atoms with Crippen molar-refractivity contribution in [1.82, 2.24) is 10.6 Å². The summed E-state index contributed by atoms with van der Waals surface area (Å²) in [7, 11) is 0. The molecule has 8 heteroatoms. The van der Waals surface area contributed by atoms with E-state index >= 15 is 0 Å². The molecule has 0 spiro atoms. The zero-order valence-corrected chi connectivity index (χ0v) is 16.8. The number of amides is 2. The fourth-order valence-electron chi connectivity index (χ4n) is 3.38. The molecule has 2 unspecified atom stereocenters. The zero-order valence-electron chi connectivity index (χ0n) is 16.1. The highest BCUT2D eigenvalue weighted by molar-refractivity contribution is 6.30. The number of allylic oxidation sites excluding steroid dienone is 2. The molecular formula is C21H23ClN2O5. The molecule has 0 bridgehead atoms. The van der Waals surface area contributed by atoms with Crippen molar-refractivity contribution in [2.75, 3.05) is 13.2 Å². The molecular weight excluding hydrogens is 396 g/mol. The topological polar surface area (TPSA) is 93.7 Å². The maximum atomic E-state index is 12.6. The summed E-state index contributed by atoms with van der Waals surface area (Å²) in [6.45, 7) is 1.64. The molecule has 29 heavy (non-hydrogen) atoms. The first kappa shape index (κ1) is 20.9. The van der Waals surface area contributed by atoms with Gasteiger partial charge in [0.05, 0.1) is 30.3 Å². The van der Waals surface area contributed by atoms with Crippen molar-refractivity contribution >= 4 is 29.6 Å². The van der Waals surface area contributed by atoms with Gasteiger partial charge in [0, 0.05) is 5.02 Å². The minimum atomic E-state index is -0.744. The summed E-state index contributed by atoms with van der Waals surface area (Å²) in [6, 6.07) is 5.53. The van der Waals surface area contributed by atoms with E-state index < -0.39 is 18.0 Å². The summed E-state index contributed by atoms with van der Waals surface area (Å²) >= 11 is 5.95. The summed E-state index contributed by atoms with van der Waals surface area (Å²) in [4.78, 5) is 37.0.